The van der Waals surface area contributed by atoms with Crippen LogP contribution in [-0.4, -0.2) is 35.8 Å². The van der Waals surface area contributed by atoms with Crippen molar-refractivity contribution in [3.05, 3.63) is 35.4 Å². The molecule has 0 radical (unpaired) electrons. The molecule has 1 aromatic carbocycles. The van der Waals surface area contributed by atoms with Gasteiger partial charge < -0.3 is 9.64 Å². The molecule has 23 heavy (non-hydrogen) atoms. The quantitative estimate of drug-likeness (QED) is 0.607. The molecule has 1 aromatic rings. The standard InChI is InChI=1S/C17H16ClF2NO2/c1-3-8-23-12-4-5-13(11(2)9-12)15-7-6-14(18)17(22)21(15)10-16(19)20/h1,4-5,7,9,14,16H,6,8,10H2,2H3. The summed E-state index contributed by atoms with van der Waals surface area (Å²) in [4.78, 5) is 13.2. The van der Waals surface area contributed by atoms with Crippen LogP contribution in [-0.2, 0) is 4.79 Å². The van der Waals surface area contributed by atoms with E-state index in [2.05, 4.69) is 5.92 Å². The number of amides is 1. The molecular weight excluding hydrogens is 324 g/mol. The van der Waals surface area contributed by atoms with Gasteiger partial charge in [-0.25, -0.2) is 8.78 Å². The van der Waals surface area contributed by atoms with Gasteiger partial charge in [0.15, 0.2) is 0 Å². The average molecular weight is 340 g/mol. The van der Waals surface area contributed by atoms with Gasteiger partial charge in [0.2, 0.25) is 5.91 Å². The molecule has 1 amide bonds. The first-order valence-corrected chi connectivity index (χ1v) is 7.48. The zero-order chi connectivity index (χ0) is 17.0. The number of carbonyl (C=O) groups excluding carboxylic acids is 1. The van der Waals surface area contributed by atoms with E-state index >= 15 is 0 Å². The Morgan fingerprint density at radius 1 is 1.52 bits per heavy atom. The summed E-state index contributed by atoms with van der Waals surface area (Å²) < 4.78 is 31.0. The van der Waals surface area contributed by atoms with E-state index in [0.717, 1.165) is 10.5 Å². The SMILES string of the molecule is C#CCOc1ccc(C2=CCC(Cl)C(=O)N2CC(F)F)c(C)c1. The van der Waals surface area contributed by atoms with Gasteiger partial charge in [0, 0.05) is 11.3 Å². The third-order valence-corrected chi connectivity index (χ3v) is 3.82. The number of terminal acetylenes is 1. The number of halogens is 3. The number of carbonyl (C=O) groups is 1. The fraction of sp³-hybridized carbons (Fsp3) is 0.353. The molecule has 1 heterocycles. The summed E-state index contributed by atoms with van der Waals surface area (Å²) in [6.07, 6.45) is 4.53. The van der Waals surface area contributed by atoms with Crippen molar-refractivity contribution in [2.45, 2.75) is 25.1 Å². The molecule has 1 unspecified atom stereocenters. The average Bonchev–Trinajstić information content (AvgIpc) is 2.50. The molecule has 3 nitrogen and oxygen atoms in total. The van der Waals surface area contributed by atoms with Gasteiger partial charge in [-0.1, -0.05) is 12.0 Å². The largest absolute Gasteiger partial charge is 0.481 e. The molecule has 1 aliphatic rings. The van der Waals surface area contributed by atoms with E-state index in [1.165, 1.54) is 0 Å². The minimum absolute atomic E-state index is 0.144. The van der Waals surface area contributed by atoms with Crippen LogP contribution < -0.4 is 4.74 Å². The number of rotatable bonds is 5. The maximum Gasteiger partial charge on any atom is 0.256 e. The Bertz CT molecular complexity index is 667. The summed E-state index contributed by atoms with van der Waals surface area (Å²) in [6, 6.07) is 5.18. The molecule has 122 valence electrons. The van der Waals surface area contributed by atoms with Crippen molar-refractivity contribution in [3.63, 3.8) is 0 Å². The van der Waals surface area contributed by atoms with E-state index in [1.54, 1.807) is 24.3 Å². The first-order valence-electron chi connectivity index (χ1n) is 7.05. The van der Waals surface area contributed by atoms with Crippen molar-refractivity contribution in [1.29, 1.82) is 0 Å². The summed E-state index contributed by atoms with van der Waals surface area (Å²) in [5.41, 5.74) is 1.94. The molecule has 1 aliphatic heterocycles. The van der Waals surface area contributed by atoms with Crippen molar-refractivity contribution < 1.29 is 18.3 Å². The number of alkyl halides is 3. The number of hydrogen-bond donors (Lipinski definition) is 0. The van der Waals surface area contributed by atoms with Gasteiger partial charge in [-0.05, 0) is 37.1 Å². The highest BCUT2D eigenvalue weighted by Crippen LogP contribution is 2.32. The van der Waals surface area contributed by atoms with Crippen molar-refractivity contribution in [1.82, 2.24) is 4.90 Å². The number of benzene rings is 1. The van der Waals surface area contributed by atoms with Crippen molar-refractivity contribution in [2.75, 3.05) is 13.2 Å². The Morgan fingerprint density at radius 3 is 2.87 bits per heavy atom. The van der Waals surface area contributed by atoms with Crippen LogP contribution in [0.3, 0.4) is 0 Å². The number of aryl methyl sites for hydroxylation is 1. The monoisotopic (exact) mass is 339 g/mol. The Balaban J connectivity index is 2.34. The number of allylic oxidation sites excluding steroid dienone is 1. The molecule has 0 bridgehead atoms. The van der Waals surface area contributed by atoms with E-state index in [4.69, 9.17) is 22.8 Å². The number of hydrogen-bond acceptors (Lipinski definition) is 2. The molecule has 0 saturated carbocycles. The lowest BCUT2D eigenvalue weighted by Gasteiger charge is -2.31. The predicted octanol–water partition coefficient (Wildman–Crippen LogP) is 3.45. The first-order chi connectivity index (χ1) is 10.9. The highest BCUT2D eigenvalue weighted by molar-refractivity contribution is 6.31. The Hall–Kier alpha value is -2.06. The second kappa shape index (κ2) is 7.47. The van der Waals surface area contributed by atoms with Crippen LogP contribution in [0.15, 0.2) is 24.3 Å². The lowest BCUT2D eigenvalue weighted by atomic mass is 9.99. The van der Waals surface area contributed by atoms with Crippen LogP contribution in [0.4, 0.5) is 8.78 Å². The van der Waals surface area contributed by atoms with E-state index in [-0.39, 0.29) is 6.61 Å². The van der Waals surface area contributed by atoms with Crippen molar-refractivity contribution in [2.24, 2.45) is 0 Å². The van der Waals surface area contributed by atoms with Gasteiger partial charge >= 0.3 is 0 Å². The molecule has 2 rings (SSSR count). The van der Waals surface area contributed by atoms with E-state index in [0.29, 0.717) is 23.4 Å². The molecule has 0 spiro atoms. The maximum atomic E-state index is 12.8. The minimum Gasteiger partial charge on any atom is -0.481 e. The third kappa shape index (κ3) is 4.02. The topological polar surface area (TPSA) is 29.5 Å². The van der Waals surface area contributed by atoms with Crippen molar-refractivity contribution >= 4 is 23.2 Å². The summed E-state index contributed by atoms with van der Waals surface area (Å²) in [5.74, 6) is 2.45. The normalized spacial score (nSPS) is 17.9. The third-order valence-electron chi connectivity index (χ3n) is 3.46. The number of nitrogens with zero attached hydrogens (tertiary/aromatic N) is 1. The van der Waals surface area contributed by atoms with Crippen molar-refractivity contribution in [3.8, 4) is 18.1 Å². The van der Waals surface area contributed by atoms with Gasteiger partial charge in [0.05, 0.1) is 6.54 Å². The molecule has 0 N–H and O–H groups in total. The van der Waals surface area contributed by atoms with Crippen LogP contribution in [0.5, 0.6) is 5.75 Å². The highest BCUT2D eigenvalue weighted by atomic mass is 35.5. The second-order valence-corrected chi connectivity index (χ2v) is 5.63. The van der Waals surface area contributed by atoms with Crippen LogP contribution in [0.1, 0.15) is 17.5 Å². The smallest absolute Gasteiger partial charge is 0.256 e. The number of ether oxygens (including phenoxy) is 1. The van der Waals surface area contributed by atoms with Gasteiger partial charge in [0.1, 0.15) is 17.7 Å². The second-order valence-electron chi connectivity index (χ2n) is 5.10. The lowest BCUT2D eigenvalue weighted by molar-refractivity contribution is -0.129. The zero-order valence-electron chi connectivity index (χ0n) is 12.6. The van der Waals surface area contributed by atoms with Gasteiger partial charge in [-0.2, -0.15) is 0 Å². The molecule has 0 saturated heterocycles. The lowest BCUT2D eigenvalue weighted by Crippen LogP contribution is -2.41. The van der Waals surface area contributed by atoms with Crippen LogP contribution >= 0.6 is 11.6 Å². The Morgan fingerprint density at radius 2 is 2.26 bits per heavy atom. The van der Waals surface area contributed by atoms with Crippen LogP contribution in [0.2, 0.25) is 0 Å². The summed E-state index contributed by atoms with van der Waals surface area (Å²) in [6.45, 7) is 1.28. The van der Waals surface area contributed by atoms with Crippen LogP contribution in [0, 0.1) is 19.3 Å². The van der Waals surface area contributed by atoms with Crippen LogP contribution in [0.25, 0.3) is 5.70 Å². The summed E-state index contributed by atoms with van der Waals surface area (Å²) >= 11 is 5.90. The predicted molar refractivity (Wildman–Crippen MR) is 85.5 cm³/mol. The zero-order valence-corrected chi connectivity index (χ0v) is 13.3. The van der Waals surface area contributed by atoms with Gasteiger partial charge in [0.25, 0.3) is 6.43 Å². The molecular formula is C17H16ClF2NO2. The molecule has 1 atom stereocenters. The fourth-order valence-corrected chi connectivity index (χ4v) is 2.64. The van der Waals surface area contributed by atoms with Gasteiger partial charge in [-0.15, -0.1) is 18.0 Å². The Labute approximate surface area is 138 Å². The van der Waals surface area contributed by atoms with E-state index < -0.39 is 24.3 Å². The molecule has 6 heteroatoms. The minimum atomic E-state index is -2.64. The van der Waals surface area contributed by atoms with Gasteiger partial charge in [-0.3, -0.25) is 4.79 Å². The van der Waals surface area contributed by atoms with E-state index in [1.807, 2.05) is 6.92 Å². The molecule has 0 aromatic heterocycles. The maximum absolute atomic E-state index is 12.8. The van der Waals surface area contributed by atoms with E-state index in [9.17, 15) is 13.6 Å². The Kier molecular flexibility index (Phi) is 5.62. The summed E-state index contributed by atoms with van der Waals surface area (Å²) in [7, 11) is 0. The molecule has 0 fully saturated rings. The molecule has 0 aliphatic carbocycles. The first kappa shape index (κ1) is 17.3. The summed E-state index contributed by atoms with van der Waals surface area (Å²) in [5, 5.41) is -0.809. The highest BCUT2D eigenvalue weighted by Gasteiger charge is 2.32. The fourth-order valence-electron chi connectivity index (χ4n) is 2.43.